The van der Waals surface area contributed by atoms with Gasteiger partial charge in [-0.2, -0.15) is 0 Å². The van der Waals surface area contributed by atoms with E-state index in [-0.39, 0.29) is 6.04 Å². The Balaban J connectivity index is 2.15. The van der Waals surface area contributed by atoms with Crippen LogP contribution in [0.5, 0.6) is 0 Å². The predicted molar refractivity (Wildman–Crippen MR) is 72.6 cm³/mol. The van der Waals surface area contributed by atoms with Crippen molar-refractivity contribution in [3.8, 4) is 0 Å². The minimum absolute atomic E-state index is 0.253. The lowest BCUT2D eigenvalue weighted by molar-refractivity contribution is 0.456. The molecule has 2 N–H and O–H groups in total. The zero-order valence-corrected chi connectivity index (χ0v) is 11.5. The minimum atomic E-state index is -0.253. The van der Waals surface area contributed by atoms with Crippen LogP contribution in [0.4, 0.5) is 6.01 Å². The summed E-state index contributed by atoms with van der Waals surface area (Å²) >= 11 is 0. The van der Waals surface area contributed by atoms with E-state index in [2.05, 4.69) is 15.2 Å². The van der Waals surface area contributed by atoms with Gasteiger partial charge in [0.05, 0.1) is 18.3 Å². The van der Waals surface area contributed by atoms with Crippen LogP contribution in [-0.2, 0) is 6.54 Å². The summed E-state index contributed by atoms with van der Waals surface area (Å²) in [4.78, 5) is 6.45. The number of nitrogens with two attached hydrogens (primary N) is 1. The first-order valence-corrected chi connectivity index (χ1v) is 6.36. The highest BCUT2D eigenvalue weighted by Crippen LogP contribution is 2.17. The Morgan fingerprint density at radius 2 is 2.16 bits per heavy atom. The largest absolute Gasteiger partial charge is 0.406 e. The van der Waals surface area contributed by atoms with E-state index in [1.807, 2.05) is 43.9 Å². The maximum Gasteiger partial charge on any atom is 0.318 e. The summed E-state index contributed by atoms with van der Waals surface area (Å²) in [5.74, 6) is 0.450. The molecule has 6 heteroatoms. The Labute approximate surface area is 112 Å². The van der Waals surface area contributed by atoms with Gasteiger partial charge >= 0.3 is 6.01 Å². The molecule has 2 rings (SSSR count). The molecule has 0 aliphatic rings. The van der Waals surface area contributed by atoms with Gasteiger partial charge in [0.15, 0.2) is 0 Å². The molecule has 6 nitrogen and oxygen atoms in total. The molecule has 2 heterocycles. The number of hydrogen-bond donors (Lipinski definition) is 1. The van der Waals surface area contributed by atoms with Crippen molar-refractivity contribution < 1.29 is 4.42 Å². The summed E-state index contributed by atoms with van der Waals surface area (Å²) in [6.45, 7) is 7.22. The summed E-state index contributed by atoms with van der Waals surface area (Å²) < 4.78 is 5.55. The highest BCUT2D eigenvalue weighted by Gasteiger charge is 2.15. The van der Waals surface area contributed by atoms with Gasteiger partial charge in [-0.05, 0) is 32.9 Å². The third kappa shape index (κ3) is 3.29. The molecule has 2 aromatic heterocycles. The number of aryl methyl sites for hydroxylation is 1. The number of anilines is 1. The molecular formula is C13H19N5O. The molecular weight excluding hydrogens is 242 g/mol. The molecule has 1 unspecified atom stereocenters. The molecule has 0 bridgehead atoms. The van der Waals surface area contributed by atoms with Gasteiger partial charge in [-0.1, -0.05) is 11.2 Å². The maximum atomic E-state index is 5.71. The predicted octanol–water partition coefficient (Wildman–Crippen LogP) is 1.82. The molecule has 102 valence electrons. The Morgan fingerprint density at radius 1 is 1.37 bits per heavy atom. The van der Waals surface area contributed by atoms with E-state index in [4.69, 9.17) is 10.2 Å². The number of rotatable bonds is 5. The van der Waals surface area contributed by atoms with E-state index in [9.17, 15) is 0 Å². The van der Waals surface area contributed by atoms with Gasteiger partial charge in [0.25, 0.3) is 0 Å². The molecule has 0 aromatic carbocycles. The minimum Gasteiger partial charge on any atom is -0.406 e. The van der Waals surface area contributed by atoms with Crippen LogP contribution in [0.2, 0.25) is 0 Å². The summed E-state index contributed by atoms with van der Waals surface area (Å²) in [6, 6.07) is 6.18. The zero-order chi connectivity index (χ0) is 13.8. The Kier molecular flexibility index (Phi) is 4.11. The topological polar surface area (TPSA) is 81.1 Å². The first-order chi connectivity index (χ1) is 9.10. The van der Waals surface area contributed by atoms with Gasteiger partial charge in [0.2, 0.25) is 5.89 Å². The second-order valence-electron chi connectivity index (χ2n) is 4.50. The third-order valence-corrected chi connectivity index (χ3v) is 2.77. The zero-order valence-electron chi connectivity index (χ0n) is 11.5. The standard InChI is InChI=1S/C13H19N5O/c1-4-18(8-11-7-5-6-9(2)15-11)13-17-16-12(19-13)10(3)14/h5-7,10H,4,8,14H2,1-3H3. The van der Waals surface area contributed by atoms with Gasteiger partial charge < -0.3 is 15.1 Å². The van der Waals surface area contributed by atoms with Crippen LogP contribution in [0.3, 0.4) is 0 Å². The lowest BCUT2D eigenvalue weighted by atomic mass is 10.3. The van der Waals surface area contributed by atoms with Crippen molar-refractivity contribution in [3.63, 3.8) is 0 Å². The number of aromatic nitrogens is 3. The van der Waals surface area contributed by atoms with Crippen LogP contribution < -0.4 is 10.6 Å². The van der Waals surface area contributed by atoms with Crippen molar-refractivity contribution in [2.24, 2.45) is 5.73 Å². The van der Waals surface area contributed by atoms with Crippen molar-refractivity contribution in [2.45, 2.75) is 33.4 Å². The molecule has 0 saturated carbocycles. The first-order valence-electron chi connectivity index (χ1n) is 6.36. The molecule has 0 radical (unpaired) electrons. The summed E-state index contributed by atoms with van der Waals surface area (Å²) in [5, 5.41) is 7.97. The molecule has 0 aliphatic carbocycles. The van der Waals surface area contributed by atoms with Crippen LogP contribution in [0, 0.1) is 6.92 Å². The number of hydrogen-bond acceptors (Lipinski definition) is 6. The summed E-state index contributed by atoms with van der Waals surface area (Å²) in [7, 11) is 0. The molecule has 0 spiro atoms. The van der Waals surface area contributed by atoms with Gasteiger partial charge in [-0.25, -0.2) is 0 Å². The molecule has 19 heavy (non-hydrogen) atoms. The Bertz CT molecular complexity index is 537. The quantitative estimate of drug-likeness (QED) is 0.884. The fourth-order valence-corrected chi connectivity index (χ4v) is 1.74. The molecule has 0 fully saturated rings. The van der Waals surface area contributed by atoms with E-state index in [1.165, 1.54) is 0 Å². The van der Waals surface area contributed by atoms with Crippen LogP contribution in [0.15, 0.2) is 22.6 Å². The molecule has 2 aromatic rings. The van der Waals surface area contributed by atoms with Crippen LogP contribution in [0.1, 0.15) is 37.2 Å². The summed E-state index contributed by atoms with van der Waals surface area (Å²) in [5.41, 5.74) is 7.68. The maximum absolute atomic E-state index is 5.71. The van der Waals surface area contributed by atoms with Crippen LogP contribution >= 0.6 is 0 Å². The van der Waals surface area contributed by atoms with Crippen molar-refractivity contribution >= 4 is 6.01 Å². The summed E-state index contributed by atoms with van der Waals surface area (Å²) in [6.07, 6.45) is 0. The highest BCUT2D eigenvalue weighted by molar-refractivity contribution is 5.26. The van der Waals surface area contributed by atoms with E-state index in [0.717, 1.165) is 17.9 Å². The van der Waals surface area contributed by atoms with Crippen LogP contribution in [-0.4, -0.2) is 21.7 Å². The second kappa shape index (κ2) is 5.79. The van der Waals surface area contributed by atoms with Gasteiger partial charge in [-0.15, -0.1) is 5.10 Å². The molecule has 0 aliphatic heterocycles. The van der Waals surface area contributed by atoms with Crippen molar-refractivity contribution in [1.29, 1.82) is 0 Å². The smallest absolute Gasteiger partial charge is 0.318 e. The first kappa shape index (κ1) is 13.5. The highest BCUT2D eigenvalue weighted by atomic mass is 16.4. The Morgan fingerprint density at radius 3 is 2.74 bits per heavy atom. The van der Waals surface area contributed by atoms with Crippen molar-refractivity contribution in [1.82, 2.24) is 15.2 Å². The fraction of sp³-hybridized carbons (Fsp3) is 0.462. The van der Waals surface area contributed by atoms with Crippen molar-refractivity contribution in [2.75, 3.05) is 11.4 Å². The monoisotopic (exact) mass is 261 g/mol. The fourth-order valence-electron chi connectivity index (χ4n) is 1.74. The van der Waals surface area contributed by atoms with Gasteiger partial charge in [0, 0.05) is 12.2 Å². The van der Waals surface area contributed by atoms with E-state index in [1.54, 1.807) is 0 Å². The Hall–Kier alpha value is -1.95. The normalized spacial score (nSPS) is 12.4. The van der Waals surface area contributed by atoms with Gasteiger partial charge in [-0.3, -0.25) is 4.98 Å². The molecule has 0 amide bonds. The third-order valence-electron chi connectivity index (χ3n) is 2.77. The van der Waals surface area contributed by atoms with E-state index < -0.39 is 0 Å². The average molecular weight is 261 g/mol. The lowest BCUT2D eigenvalue weighted by Crippen LogP contribution is -2.23. The number of nitrogens with zero attached hydrogens (tertiary/aromatic N) is 4. The molecule has 0 saturated heterocycles. The average Bonchev–Trinajstić information content (AvgIpc) is 2.85. The van der Waals surface area contributed by atoms with Crippen molar-refractivity contribution in [3.05, 3.63) is 35.5 Å². The SMILES string of the molecule is CCN(Cc1cccc(C)n1)c1nnc(C(C)N)o1. The lowest BCUT2D eigenvalue weighted by Gasteiger charge is -2.17. The van der Waals surface area contributed by atoms with Gasteiger partial charge in [0.1, 0.15) is 0 Å². The van der Waals surface area contributed by atoms with E-state index >= 15 is 0 Å². The number of pyridine rings is 1. The molecule has 1 atom stereocenters. The van der Waals surface area contributed by atoms with E-state index in [0.29, 0.717) is 18.5 Å². The second-order valence-corrected chi connectivity index (χ2v) is 4.50. The van der Waals surface area contributed by atoms with Crippen LogP contribution in [0.25, 0.3) is 0 Å².